The van der Waals surface area contributed by atoms with Crippen LogP contribution in [0, 0.1) is 0 Å². The van der Waals surface area contributed by atoms with Crippen molar-refractivity contribution in [3.8, 4) is 45.4 Å². The average Bonchev–Trinajstić information content (AvgIpc) is 3.08. The lowest BCUT2D eigenvalue weighted by Gasteiger charge is -2.16. The molecule has 0 aliphatic carbocycles. The van der Waals surface area contributed by atoms with Crippen molar-refractivity contribution in [3.05, 3.63) is 140 Å². The number of hydrogen-bond donors (Lipinski definition) is 0. The third-order valence-electron chi connectivity index (χ3n) is 7.60. The van der Waals surface area contributed by atoms with Crippen LogP contribution in [0.3, 0.4) is 0 Å². The van der Waals surface area contributed by atoms with Gasteiger partial charge in [-0.1, -0.05) is 103 Å². The summed E-state index contributed by atoms with van der Waals surface area (Å²) in [4.78, 5) is 24.5. The Morgan fingerprint density at radius 3 is 1.60 bits per heavy atom. The highest BCUT2D eigenvalue weighted by molar-refractivity contribution is 6.25. The van der Waals surface area contributed by atoms with E-state index in [1.54, 1.807) is 0 Å². The van der Waals surface area contributed by atoms with E-state index in [9.17, 15) is 0 Å². The van der Waals surface area contributed by atoms with Crippen molar-refractivity contribution in [2.75, 3.05) is 0 Å². The quantitative estimate of drug-likeness (QED) is 0.210. The van der Waals surface area contributed by atoms with Crippen LogP contribution in [0.5, 0.6) is 0 Å². The van der Waals surface area contributed by atoms with Gasteiger partial charge in [0.2, 0.25) is 0 Å². The first-order valence-corrected chi connectivity index (χ1v) is 13.9. The molecule has 5 nitrogen and oxygen atoms in total. The van der Waals surface area contributed by atoms with E-state index in [-0.39, 0.29) is 0 Å². The number of para-hydroxylation sites is 1. The van der Waals surface area contributed by atoms with E-state index in [2.05, 4.69) is 53.5 Å². The normalized spacial score (nSPS) is 11.3. The summed E-state index contributed by atoms with van der Waals surface area (Å²) < 4.78 is 0. The maximum atomic E-state index is 5.16. The van der Waals surface area contributed by atoms with E-state index in [0.29, 0.717) is 17.5 Å². The van der Waals surface area contributed by atoms with Crippen molar-refractivity contribution in [1.29, 1.82) is 0 Å². The second-order valence-corrected chi connectivity index (χ2v) is 10.1. The monoisotopic (exact) mass is 537 g/mol. The number of aromatic nitrogens is 5. The number of benzene rings is 5. The van der Waals surface area contributed by atoms with Crippen molar-refractivity contribution in [3.63, 3.8) is 0 Å². The Kier molecular flexibility index (Phi) is 5.71. The zero-order valence-corrected chi connectivity index (χ0v) is 22.5. The van der Waals surface area contributed by atoms with Crippen LogP contribution < -0.4 is 0 Å². The molecule has 0 fully saturated rings. The minimum atomic E-state index is 0.620. The fourth-order valence-corrected chi connectivity index (χ4v) is 5.66. The van der Waals surface area contributed by atoms with Crippen molar-refractivity contribution in [1.82, 2.24) is 24.9 Å². The fourth-order valence-electron chi connectivity index (χ4n) is 5.66. The molecule has 3 heterocycles. The number of hydrogen-bond acceptors (Lipinski definition) is 5. The molecule has 8 aromatic rings. The maximum absolute atomic E-state index is 5.16. The topological polar surface area (TPSA) is 64.5 Å². The number of nitrogens with zero attached hydrogens (tertiary/aromatic N) is 5. The van der Waals surface area contributed by atoms with E-state index in [1.807, 2.05) is 91.3 Å². The minimum Gasteiger partial charge on any atom is -0.265 e. The molecule has 0 N–H and O–H groups in total. The fraction of sp³-hybridized carbons (Fsp3) is 0. The zero-order chi connectivity index (χ0) is 27.9. The molecule has 0 amide bonds. The van der Waals surface area contributed by atoms with Gasteiger partial charge in [0.25, 0.3) is 0 Å². The Labute approximate surface area is 242 Å². The molecular weight excluding hydrogens is 514 g/mol. The van der Waals surface area contributed by atoms with Gasteiger partial charge in [-0.25, -0.2) is 19.9 Å². The van der Waals surface area contributed by atoms with Crippen LogP contribution in [0.2, 0.25) is 0 Å². The van der Waals surface area contributed by atoms with Gasteiger partial charge in [0.15, 0.2) is 17.5 Å². The molecule has 0 spiro atoms. The molecule has 42 heavy (non-hydrogen) atoms. The molecule has 0 unspecified atom stereocenters. The summed E-state index contributed by atoms with van der Waals surface area (Å²) in [7, 11) is 0. The van der Waals surface area contributed by atoms with Crippen molar-refractivity contribution in [2.24, 2.45) is 0 Å². The molecular formula is C37H23N5. The van der Waals surface area contributed by atoms with Gasteiger partial charge in [0, 0.05) is 50.8 Å². The van der Waals surface area contributed by atoms with Gasteiger partial charge in [-0.15, -0.1) is 0 Å². The average molecular weight is 538 g/mol. The summed E-state index contributed by atoms with van der Waals surface area (Å²) in [5, 5.41) is 5.51. The molecule has 0 saturated carbocycles. The number of fused-ring (bicyclic) bond motifs is 5. The predicted molar refractivity (Wildman–Crippen MR) is 170 cm³/mol. The molecule has 3 aromatic heterocycles. The Morgan fingerprint density at radius 2 is 0.929 bits per heavy atom. The molecule has 0 aliphatic heterocycles. The van der Waals surface area contributed by atoms with E-state index in [4.69, 9.17) is 19.9 Å². The minimum absolute atomic E-state index is 0.620. The van der Waals surface area contributed by atoms with Crippen LogP contribution >= 0.6 is 0 Å². The van der Waals surface area contributed by atoms with Crippen molar-refractivity contribution < 1.29 is 0 Å². The van der Waals surface area contributed by atoms with Crippen molar-refractivity contribution >= 4 is 32.4 Å². The van der Waals surface area contributed by atoms with Gasteiger partial charge in [-0.3, -0.25) is 4.98 Å². The first kappa shape index (κ1) is 24.0. The van der Waals surface area contributed by atoms with E-state index in [0.717, 1.165) is 60.4 Å². The second-order valence-electron chi connectivity index (χ2n) is 10.1. The summed E-state index contributed by atoms with van der Waals surface area (Å²) >= 11 is 0. The number of pyridine rings is 2. The summed E-state index contributed by atoms with van der Waals surface area (Å²) in [5.41, 5.74) is 5.67. The zero-order valence-electron chi connectivity index (χ0n) is 22.5. The summed E-state index contributed by atoms with van der Waals surface area (Å²) in [6.45, 7) is 0. The van der Waals surface area contributed by atoms with Crippen LogP contribution in [0.4, 0.5) is 0 Å². The standard InChI is InChI=1S/C37H23N5/c1-3-11-25(12-4-1)35-40-36(26-13-5-2-6-14-26)42-37(41-35)30-23-31-33(28-16-8-7-15-27(28)30)29-17-9-10-18-32(29)39-34(31)24-19-21-38-22-20-24/h1-23H. The lowest BCUT2D eigenvalue weighted by atomic mass is 9.92. The van der Waals surface area contributed by atoms with E-state index < -0.39 is 0 Å². The summed E-state index contributed by atoms with van der Waals surface area (Å²) in [5.74, 6) is 1.89. The van der Waals surface area contributed by atoms with Gasteiger partial charge < -0.3 is 0 Å². The Morgan fingerprint density at radius 1 is 0.381 bits per heavy atom. The molecule has 5 aromatic carbocycles. The third kappa shape index (κ3) is 4.07. The van der Waals surface area contributed by atoms with Crippen molar-refractivity contribution in [2.45, 2.75) is 0 Å². The van der Waals surface area contributed by atoms with Gasteiger partial charge in [0.1, 0.15) is 0 Å². The largest absolute Gasteiger partial charge is 0.265 e. The summed E-state index contributed by atoms with van der Waals surface area (Å²) in [6, 6.07) is 43.2. The lowest BCUT2D eigenvalue weighted by Crippen LogP contribution is -2.01. The predicted octanol–water partition coefficient (Wildman–Crippen LogP) is 8.79. The molecule has 0 bridgehead atoms. The van der Waals surface area contributed by atoms with Crippen LogP contribution in [0.25, 0.3) is 77.9 Å². The number of rotatable bonds is 4. The van der Waals surface area contributed by atoms with Gasteiger partial charge >= 0.3 is 0 Å². The highest BCUT2D eigenvalue weighted by Crippen LogP contribution is 2.41. The SMILES string of the molecule is c1ccc(-c2nc(-c3ccccc3)nc(-c3cc4c(-c5ccncc5)nc5ccccc5c4c4ccccc34)n2)cc1. The van der Waals surface area contributed by atoms with Gasteiger partial charge in [0.05, 0.1) is 11.2 Å². The maximum Gasteiger partial charge on any atom is 0.164 e. The smallest absolute Gasteiger partial charge is 0.164 e. The highest BCUT2D eigenvalue weighted by Gasteiger charge is 2.19. The van der Waals surface area contributed by atoms with Gasteiger partial charge in [-0.05, 0) is 35.0 Å². The molecule has 8 rings (SSSR count). The Balaban J connectivity index is 1.50. The Hall–Kier alpha value is -5.81. The summed E-state index contributed by atoms with van der Waals surface area (Å²) in [6.07, 6.45) is 3.62. The Bertz CT molecular complexity index is 2170. The lowest BCUT2D eigenvalue weighted by molar-refractivity contribution is 1.08. The second kappa shape index (κ2) is 9.98. The molecule has 196 valence electrons. The molecule has 0 aliphatic rings. The first-order valence-electron chi connectivity index (χ1n) is 13.9. The molecule has 0 atom stereocenters. The molecule has 0 radical (unpaired) electrons. The van der Waals surface area contributed by atoms with E-state index in [1.165, 1.54) is 0 Å². The van der Waals surface area contributed by atoms with Crippen LogP contribution in [-0.2, 0) is 0 Å². The third-order valence-corrected chi connectivity index (χ3v) is 7.60. The highest BCUT2D eigenvalue weighted by atomic mass is 15.0. The van der Waals surface area contributed by atoms with Gasteiger partial charge in [-0.2, -0.15) is 0 Å². The molecule has 5 heteroatoms. The molecule has 0 saturated heterocycles. The van der Waals surface area contributed by atoms with Crippen LogP contribution in [0.1, 0.15) is 0 Å². The first-order chi connectivity index (χ1) is 20.8. The van der Waals surface area contributed by atoms with E-state index >= 15 is 0 Å². The van der Waals surface area contributed by atoms with Crippen LogP contribution in [-0.4, -0.2) is 24.9 Å². The van der Waals surface area contributed by atoms with Crippen LogP contribution in [0.15, 0.2) is 140 Å².